The Balaban J connectivity index is 2.55. The number of carbonyl (C=O) groups is 1. The summed E-state index contributed by atoms with van der Waals surface area (Å²) in [4.78, 5) is 10.5. The molecule has 2 atom stereocenters. The Hall–Kier alpha value is -0.560. The maximum absolute atomic E-state index is 10.5. The second-order valence-electron chi connectivity index (χ2n) is 2.79. The van der Waals surface area contributed by atoms with Gasteiger partial charge in [-0.2, -0.15) is 0 Å². The van der Waals surface area contributed by atoms with Crippen LogP contribution in [0.3, 0.4) is 0 Å². The van der Waals surface area contributed by atoms with Crippen molar-refractivity contribution in [3.05, 3.63) is 0 Å². The van der Waals surface area contributed by atoms with Crippen molar-refractivity contribution in [3.8, 4) is 5.63 Å². The molecule has 5 heteroatoms. The zero-order valence-corrected chi connectivity index (χ0v) is 7.38. The number of piperidine rings is 1. The first kappa shape index (κ1) is 9.53. The van der Waals surface area contributed by atoms with E-state index in [4.69, 9.17) is 5.11 Å². The molecule has 1 fully saturated rings. The Kier molecular flexibility index (Phi) is 3.54. The Bertz CT molecular complexity index is 271. The predicted molar refractivity (Wildman–Crippen MR) is 43.6 cm³/mol. The topological polar surface area (TPSA) is 66.4 Å². The van der Waals surface area contributed by atoms with Crippen LogP contribution < -0.4 is 5.32 Å². The molecule has 0 aromatic rings. The molecular weight excluding hydrogens is 177 g/mol. The molecule has 2 N–H and O–H groups in total. The van der Waals surface area contributed by atoms with Gasteiger partial charge < -0.3 is 0 Å². The van der Waals surface area contributed by atoms with Crippen molar-refractivity contribution < 1.29 is 14.5 Å². The minimum absolute atomic E-state index is 0.0477. The number of nitrogens with one attached hydrogen (secondary N) is 1. The number of hydrogen-bond acceptors (Lipinski definition) is 3. The second kappa shape index (κ2) is 4.46. The van der Waals surface area contributed by atoms with Crippen LogP contribution >= 0.6 is 7.92 Å². The first-order valence-corrected chi connectivity index (χ1v) is 4.59. The second-order valence-corrected chi connectivity index (χ2v) is 3.23. The van der Waals surface area contributed by atoms with Crippen molar-refractivity contribution in [2.75, 3.05) is 6.54 Å². The summed E-state index contributed by atoms with van der Waals surface area (Å²) < 4.78 is 10.2. The third-order valence-electron chi connectivity index (χ3n) is 1.94. The molecule has 0 bridgehead atoms. The fourth-order valence-electron chi connectivity index (χ4n) is 1.30. The van der Waals surface area contributed by atoms with Crippen LogP contribution in [0.5, 0.6) is 0 Å². The van der Waals surface area contributed by atoms with Gasteiger partial charge in [-0.25, -0.2) is 0 Å². The molecule has 0 saturated carbocycles. The van der Waals surface area contributed by atoms with Crippen LogP contribution in [0.15, 0.2) is 0 Å². The van der Waals surface area contributed by atoms with Gasteiger partial charge in [-0.05, 0) is 0 Å². The van der Waals surface area contributed by atoms with E-state index < -0.39 is 12.0 Å². The van der Waals surface area contributed by atoms with E-state index in [0.29, 0.717) is 13.0 Å². The first-order valence-electron chi connectivity index (χ1n) is 3.78. The van der Waals surface area contributed by atoms with Gasteiger partial charge >= 0.3 is 70.6 Å². The molecule has 0 spiro atoms. The van der Waals surface area contributed by atoms with Crippen molar-refractivity contribution >= 4 is 13.9 Å². The Labute approximate surface area is 71.5 Å². The molecule has 0 aromatic heterocycles. The standard InChI is InChI=1S/C7H10NO3P/c9-7(10)6-3-5(4-12-11)1-2-8-6/h5-6,8H,1-3H2,(H,9,10)/t5-,6+/m1/s1. The number of aliphatic carboxylic acids is 1. The van der Waals surface area contributed by atoms with Crippen LogP contribution in [0.2, 0.25) is 0 Å². The molecule has 0 radical (unpaired) electrons. The normalized spacial score (nSPS) is 29.0. The molecule has 4 nitrogen and oxygen atoms in total. The van der Waals surface area contributed by atoms with E-state index in [1.165, 1.54) is 0 Å². The van der Waals surface area contributed by atoms with Crippen LogP contribution in [-0.2, 0) is 9.36 Å². The minimum atomic E-state index is -0.843. The molecule has 1 rings (SSSR count). The molecule has 0 aliphatic carbocycles. The van der Waals surface area contributed by atoms with Crippen molar-refractivity contribution in [1.29, 1.82) is 0 Å². The van der Waals surface area contributed by atoms with E-state index in [9.17, 15) is 9.36 Å². The molecule has 1 saturated heterocycles. The van der Waals surface area contributed by atoms with Gasteiger partial charge in [0.1, 0.15) is 0 Å². The summed E-state index contributed by atoms with van der Waals surface area (Å²) in [5.74, 6) is -0.796. The van der Waals surface area contributed by atoms with E-state index in [1.807, 2.05) is 0 Å². The van der Waals surface area contributed by atoms with Gasteiger partial charge in [-0.1, -0.05) is 0 Å². The summed E-state index contributed by atoms with van der Waals surface area (Å²) in [5.41, 5.74) is 2.68. The van der Waals surface area contributed by atoms with Crippen LogP contribution in [0.4, 0.5) is 0 Å². The van der Waals surface area contributed by atoms with E-state index in [-0.39, 0.29) is 13.8 Å². The van der Waals surface area contributed by atoms with Crippen LogP contribution in [0.1, 0.15) is 12.8 Å². The van der Waals surface area contributed by atoms with Crippen molar-refractivity contribution in [1.82, 2.24) is 5.32 Å². The molecule has 1 heterocycles. The zero-order chi connectivity index (χ0) is 8.97. The third-order valence-corrected chi connectivity index (χ3v) is 2.41. The summed E-state index contributed by atoms with van der Waals surface area (Å²) in [6.07, 6.45) is 1.31. The molecule has 0 amide bonds. The van der Waals surface area contributed by atoms with Gasteiger partial charge in [-0.3, -0.25) is 0 Å². The molecular formula is C7H10NO3P. The predicted octanol–water partition coefficient (Wildman–Crippen LogP) is 0.690. The first-order chi connectivity index (χ1) is 5.74. The van der Waals surface area contributed by atoms with Gasteiger partial charge in [0, 0.05) is 0 Å². The van der Waals surface area contributed by atoms with Gasteiger partial charge in [0.2, 0.25) is 0 Å². The number of carboxylic acids is 1. The maximum atomic E-state index is 10.5. The molecule has 1 aliphatic rings. The van der Waals surface area contributed by atoms with Crippen LogP contribution in [-0.4, -0.2) is 23.7 Å². The molecule has 1 aliphatic heterocycles. The average Bonchev–Trinajstić information content (AvgIpc) is 2.05. The van der Waals surface area contributed by atoms with Crippen molar-refractivity contribution in [2.45, 2.75) is 18.9 Å². The monoisotopic (exact) mass is 187 g/mol. The third kappa shape index (κ3) is 2.49. The molecule has 66 valence electrons. The summed E-state index contributed by atoms with van der Waals surface area (Å²) in [6.45, 7) is 0.657. The SMILES string of the molecule is O=P#C[C@@H]1CCN[C@H](C(=O)O)C1. The summed E-state index contributed by atoms with van der Waals surface area (Å²) in [5, 5.41) is 11.5. The van der Waals surface area contributed by atoms with Crippen LogP contribution in [0.25, 0.3) is 0 Å². The fraction of sp³-hybridized carbons (Fsp3) is 0.714. The summed E-state index contributed by atoms with van der Waals surface area (Å²) in [7, 11) is -0.124. The number of carboxylic acid groups (broad SMARTS) is 1. The van der Waals surface area contributed by atoms with Crippen molar-refractivity contribution in [2.24, 2.45) is 5.92 Å². The Morgan fingerprint density at radius 2 is 2.42 bits per heavy atom. The van der Waals surface area contributed by atoms with E-state index in [0.717, 1.165) is 6.42 Å². The van der Waals surface area contributed by atoms with Gasteiger partial charge in [-0.15, -0.1) is 0 Å². The van der Waals surface area contributed by atoms with Gasteiger partial charge in [0.25, 0.3) is 0 Å². The summed E-state index contributed by atoms with van der Waals surface area (Å²) in [6, 6.07) is -0.502. The van der Waals surface area contributed by atoms with Crippen LogP contribution in [0, 0.1) is 11.5 Å². The zero-order valence-electron chi connectivity index (χ0n) is 6.49. The van der Waals surface area contributed by atoms with E-state index in [2.05, 4.69) is 10.9 Å². The number of hydrogen-bond donors (Lipinski definition) is 2. The van der Waals surface area contributed by atoms with E-state index in [1.54, 1.807) is 0 Å². The molecule has 12 heavy (non-hydrogen) atoms. The quantitative estimate of drug-likeness (QED) is 0.592. The van der Waals surface area contributed by atoms with Gasteiger partial charge in [0.15, 0.2) is 0 Å². The Morgan fingerprint density at radius 1 is 1.67 bits per heavy atom. The van der Waals surface area contributed by atoms with Gasteiger partial charge in [0.05, 0.1) is 0 Å². The summed E-state index contributed by atoms with van der Waals surface area (Å²) >= 11 is 0. The van der Waals surface area contributed by atoms with E-state index >= 15 is 0 Å². The average molecular weight is 187 g/mol. The number of rotatable bonds is 1. The Morgan fingerprint density at radius 3 is 3.00 bits per heavy atom. The van der Waals surface area contributed by atoms with Crippen molar-refractivity contribution in [3.63, 3.8) is 0 Å². The fourth-order valence-corrected chi connectivity index (χ4v) is 1.68. The molecule has 0 aromatic carbocycles. The molecule has 0 unspecified atom stereocenters.